The number of esters is 2. The van der Waals surface area contributed by atoms with Crippen LogP contribution >= 0.6 is 0 Å². The molecule has 0 spiro atoms. The van der Waals surface area contributed by atoms with E-state index in [9.17, 15) is 9.59 Å². The molecule has 1 unspecified atom stereocenters. The molecule has 0 N–H and O–H groups in total. The van der Waals surface area contributed by atoms with Gasteiger partial charge in [0.25, 0.3) is 0 Å². The van der Waals surface area contributed by atoms with Crippen molar-refractivity contribution in [3.63, 3.8) is 0 Å². The molecule has 2 aliphatic heterocycles. The second-order valence-electron chi connectivity index (χ2n) is 7.74. The molecule has 158 valence electrons. The lowest BCUT2D eigenvalue weighted by Crippen LogP contribution is -2.36. The van der Waals surface area contributed by atoms with Crippen LogP contribution in [0, 0.1) is 0 Å². The van der Waals surface area contributed by atoms with Crippen molar-refractivity contribution >= 4 is 23.3 Å². The number of carbonyl (C=O) groups excluding carboxylic acids is 2. The first kappa shape index (κ1) is 20.3. The molecule has 0 aromatic heterocycles. The van der Waals surface area contributed by atoms with E-state index in [1.54, 1.807) is 6.92 Å². The predicted octanol–water partition coefficient (Wildman–Crippen LogP) is 3.50. The van der Waals surface area contributed by atoms with E-state index in [1.807, 2.05) is 48.5 Å². The number of rotatable bonds is 8. The van der Waals surface area contributed by atoms with Crippen LogP contribution in [0.15, 0.2) is 48.5 Å². The largest absolute Gasteiger partial charge is 0.463 e. The van der Waals surface area contributed by atoms with Gasteiger partial charge in [0.1, 0.15) is 0 Å². The van der Waals surface area contributed by atoms with Gasteiger partial charge in [-0.1, -0.05) is 24.3 Å². The van der Waals surface area contributed by atoms with Crippen molar-refractivity contribution in [3.05, 3.63) is 59.7 Å². The van der Waals surface area contributed by atoms with Gasteiger partial charge in [0.2, 0.25) is 6.10 Å². The lowest BCUT2D eigenvalue weighted by Gasteiger charge is -2.33. The average molecular weight is 408 g/mol. The van der Waals surface area contributed by atoms with Crippen LogP contribution in [0.25, 0.3) is 0 Å². The second kappa shape index (κ2) is 9.20. The van der Waals surface area contributed by atoms with Crippen molar-refractivity contribution in [2.75, 3.05) is 42.6 Å². The molecule has 1 atom stereocenters. The van der Waals surface area contributed by atoms with Gasteiger partial charge in [0.15, 0.2) is 0 Å². The zero-order valence-electron chi connectivity index (χ0n) is 17.4. The summed E-state index contributed by atoms with van der Waals surface area (Å²) in [6.07, 6.45) is 1.48. The summed E-state index contributed by atoms with van der Waals surface area (Å²) in [5.41, 5.74) is 3.77. The Labute approximate surface area is 177 Å². The Morgan fingerprint density at radius 3 is 1.87 bits per heavy atom. The first-order chi connectivity index (χ1) is 14.6. The Balaban J connectivity index is 1.41. The number of hydrogen-bond acceptors (Lipinski definition) is 6. The summed E-state index contributed by atoms with van der Waals surface area (Å²) in [7, 11) is 0. The maximum Gasteiger partial charge on any atom is 0.352 e. The zero-order valence-corrected chi connectivity index (χ0v) is 17.4. The van der Waals surface area contributed by atoms with Gasteiger partial charge in [-0.2, -0.15) is 0 Å². The Bertz CT molecular complexity index is 871. The normalized spacial score (nSPS) is 16.3. The van der Waals surface area contributed by atoms with Crippen LogP contribution < -0.4 is 9.80 Å². The molecule has 0 radical (unpaired) electrons. The molecule has 2 aromatic rings. The van der Waals surface area contributed by atoms with Crippen LogP contribution in [0.3, 0.4) is 0 Å². The highest BCUT2D eigenvalue weighted by Gasteiger charge is 2.27. The molecule has 6 heteroatoms. The molecule has 0 bridgehead atoms. The second-order valence-corrected chi connectivity index (χ2v) is 7.74. The Kier molecular flexibility index (Phi) is 6.21. The number of nitrogens with zero attached hydrogens (tertiary/aromatic N) is 2. The predicted molar refractivity (Wildman–Crippen MR) is 116 cm³/mol. The highest BCUT2D eigenvalue weighted by molar-refractivity contribution is 5.82. The van der Waals surface area contributed by atoms with Crippen LogP contribution in [-0.4, -0.2) is 44.7 Å². The molecule has 6 nitrogen and oxygen atoms in total. The topological polar surface area (TPSA) is 59.1 Å². The summed E-state index contributed by atoms with van der Waals surface area (Å²) in [4.78, 5) is 29.6. The summed E-state index contributed by atoms with van der Waals surface area (Å²) >= 11 is 0. The highest BCUT2D eigenvalue weighted by atomic mass is 16.6. The molecule has 0 amide bonds. The molecule has 0 aliphatic carbocycles. The molecule has 2 aliphatic rings. The summed E-state index contributed by atoms with van der Waals surface area (Å²) in [5.74, 6) is -0.993. The van der Waals surface area contributed by atoms with Crippen LogP contribution in [-0.2, 0) is 25.5 Å². The maximum atomic E-state index is 12.6. The van der Waals surface area contributed by atoms with Crippen molar-refractivity contribution in [3.8, 4) is 0 Å². The van der Waals surface area contributed by atoms with Crippen LogP contribution in [0.4, 0.5) is 11.4 Å². The molecule has 2 aromatic carbocycles. The van der Waals surface area contributed by atoms with Crippen molar-refractivity contribution in [1.82, 2.24) is 0 Å². The lowest BCUT2D eigenvalue weighted by atomic mass is 10.1. The minimum absolute atomic E-state index is 0.113. The Morgan fingerprint density at radius 2 is 1.40 bits per heavy atom. The van der Waals surface area contributed by atoms with Crippen molar-refractivity contribution in [2.45, 2.75) is 32.3 Å². The van der Waals surface area contributed by atoms with Crippen molar-refractivity contribution in [1.29, 1.82) is 0 Å². The summed E-state index contributed by atoms with van der Waals surface area (Å²) in [6, 6.07) is 15.5. The molecule has 2 fully saturated rings. The van der Waals surface area contributed by atoms with Gasteiger partial charge in [-0.25, -0.2) is 4.79 Å². The first-order valence-electron chi connectivity index (χ1n) is 10.7. The third kappa shape index (κ3) is 4.58. The molecule has 30 heavy (non-hydrogen) atoms. The molecular formula is C24H28N2O4. The van der Waals surface area contributed by atoms with E-state index in [4.69, 9.17) is 9.47 Å². The van der Waals surface area contributed by atoms with Crippen LogP contribution in [0.5, 0.6) is 0 Å². The van der Waals surface area contributed by atoms with Crippen molar-refractivity contribution < 1.29 is 19.1 Å². The lowest BCUT2D eigenvalue weighted by molar-refractivity contribution is -0.167. The fourth-order valence-electron chi connectivity index (χ4n) is 3.64. The average Bonchev–Trinajstić information content (AvgIpc) is 2.66. The summed E-state index contributed by atoms with van der Waals surface area (Å²) in [5, 5.41) is 0. The standard InChI is InChI=1S/C24H28N2O4/c1-2-29-24(28)23(19-7-11-21(12-8-19)26-15-4-16-26)30-22(27)17-18-5-9-20(10-6-18)25-13-3-14-25/h5-12,23H,2-4,13-17H2,1H3. The first-order valence-corrected chi connectivity index (χ1v) is 10.7. The van der Waals surface area contributed by atoms with Gasteiger partial charge in [-0.15, -0.1) is 0 Å². The van der Waals surface area contributed by atoms with Gasteiger partial charge >= 0.3 is 11.9 Å². The monoisotopic (exact) mass is 408 g/mol. The quantitative estimate of drug-likeness (QED) is 0.623. The Morgan fingerprint density at radius 1 is 0.867 bits per heavy atom. The van der Waals surface area contributed by atoms with Crippen molar-refractivity contribution in [2.24, 2.45) is 0 Å². The number of carbonyl (C=O) groups is 2. The highest BCUT2D eigenvalue weighted by Crippen LogP contribution is 2.26. The third-order valence-corrected chi connectivity index (χ3v) is 5.67. The zero-order chi connectivity index (χ0) is 20.9. The van der Waals surface area contributed by atoms with Gasteiger partial charge < -0.3 is 19.3 Å². The molecular weight excluding hydrogens is 380 g/mol. The van der Waals surface area contributed by atoms with Crippen LogP contribution in [0.2, 0.25) is 0 Å². The minimum atomic E-state index is -1.05. The number of anilines is 2. The van der Waals surface area contributed by atoms with Crippen LogP contribution in [0.1, 0.15) is 37.0 Å². The fourth-order valence-corrected chi connectivity index (χ4v) is 3.64. The third-order valence-electron chi connectivity index (χ3n) is 5.67. The number of hydrogen-bond donors (Lipinski definition) is 0. The van der Waals surface area contributed by atoms with E-state index in [-0.39, 0.29) is 13.0 Å². The van der Waals surface area contributed by atoms with E-state index >= 15 is 0 Å². The maximum absolute atomic E-state index is 12.6. The SMILES string of the molecule is CCOC(=O)C(OC(=O)Cc1ccc(N2CCC2)cc1)c1ccc(N2CCC2)cc1. The molecule has 2 saturated heterocycles. The molecule has 2 heterocycles. The van der Waals surface area contributed by atoms with E-state index in [0.717, 1.165) is 37.4 Å². The smallest absolute Gasteiger partial charge is 0.352 e. The number of benzene rings is 2. The molecule has 4 rings (SSSR count). The summed E-state index contributed by atoms with van der Waals surface area (Å²) < 4.78 is 10.7. The van der Waals surface area contributed by atoms with E-state index in [0.29, 0.717) is 5.56 Å². The van der Waals surface area contributed by atoms with E-state index < -0.39 is 18.0 Å². The Hall–Kier alpha value is -3.02. The van der Waals surface area contributed by atoms with Gasteiger partial charge in [-0.3, -0.25) is 4.79 Å². The van der Waals surface area contributed by atoms with Gasteiger partial charge in [-0.05, 0) is 49.6 Å². The number of ether oxygens (including phenoxy) is 2. The van der Waals surface area contributed by atoms with E-state index in [1.165, 1.54) is 18.5 Å². The molecule has 0 saturated carbocycles. The fraction of sp³-hybridized carbons (Fsp3) is 0.417. The summed E-state index contributed by atoms with van der Waals surface area (Å²) in [6.45, 7) is 6.23. The minimum Gasteiger partial charge on any atom is -0.463 e. The van der Waals surface area contributed by atoms with E-state index in [2.05, 4.69) is 9.80 Å². The van der Waals surface area contributed by atoms with Gasteiger partial charge in [0.05, 0.1) is 13.0 Å². The van der Waals surface area contributed by atoms with Gasteiger partial charge in [0, 0.05) is 43.1 Å².